The third kappa shape index (κ3) is 6.20. The number of methoxy groups -OCH3 is 1. The van der Waals surface area contributed by atoms with Crippen LogP contribution >= 0.6 is 0 Å². The molecule has 2 N–H and O–H groups in total. The van der Waals surface area contributed by atoms with Crippen molar-refractivity contribution in [3.8, 4) is 0 Å². The van der Waals surface area contributed by atoms with E-state index in [1.807, 2.05) is 18.9 Å². The Balaban J connectivity index is 2.26. The third-order valence-corrected chi connectivity index (χ3v) is 4.19. The number of ether oxygens (including phenoxy) is 1. The van der Waals surface area contributed by atoms with Crippen LogP contribution in [0.5, 0.6) is 0 Å². The summed E-state index contributed by atoms with van der Waals surface area (Å²) >= 11 is 0. The van der Waals surface area contributed by atoms with Crippen LogP contribution in [0.25, 0.3) is 0 Å². The fourth-order valence-corrected chi connectivity index (χ4v) is 2.72. The van der Waals surface area contributed by atoms with Gasteiger partial charge in [0.25, 0.3) is 0 Å². The molecule has 0 aromatic carbocycles. The van der Waals surface area contributed by atoms with Gasteiger partial charge in [-0.05, 0) is 32.7 Å². The molecule has 0 heterocycles. The summed E-state index contributed by atoms with van der Waals surface area (Å²) < 4.78 is 4.89. The molecule has 1 aliphatic carbocycles. The molecule has 0 spiro atoms. The summed E-state index contributed by atoms with van der Waals surface area (Å²) in [4.78, 5) is 14.0. The molecule has 1 amide bonds. The molecular formula is C15H30N2O3. The van der Waals surface area contributed by atoms with Gasteiger partial charge in [0.1, 0.15) is 0 Å². The topological polar surface area (TPSA) is 61.8 Å². The van der Waals surface area contributed by atoms with E-state index >= 15 is 0 Å². The van der Waals surface area contributed by atoms with E-state index in [1.54, 1.807) is 7.11 Å². The van der Waals surface area contributed by atoms with Crippen molar-refractivity contribution >= 4 is 5.91 Å². The van der Waals surface area contributed by atoms with Gasteiger partial charge in [-0.2, -0.15) is 0 Å². The molecule has 0 radical (unpaired) electrons. The molecule has 0 saturated heterocycles. The van der Waals surface area contributed by atoms with Crippen molar-refractivity contribution in [3.63, 3.8) is 0 Å². The van der Waals surface area contributed by atoms with Gasteiger partial charge in [-0.3, -0.25) is 9.69 Å². The SMILES string of the molecule is COCC(O)CN(C)C(C)C(=O)NCC1CCCCC1. The number of nitrogens with one attached hydrogen (secondary N) is 1. The molecule has 5 nitrogen and oxygen atoms in total. The van der Waals surface area contributed by atoms with Crippen LogP contribution in [0.15, 0.2) is 0 Å². The van der Waals surface area contributed by atoms with Crippen molar-refractivity contribution < 1.29 is 14.6 Å². The van der Waals surface area contributed by atoms with E-state index in [2.05, 4.69) is 5.32 Å². The first-order chi connectivity index (χ1) is 9.54. The number of carbonyl (C=O) groups excluding carboxylic acids is 1. The maximum Gasteiger partial charge on any atom is 0.237 e. The van der Waals surface area contributed by atoms with E-state index in [4.69, 9.17) is 4.74 Å². The lowest BCUT2D eigenvalue weighted by atomic mass is 9.89. The van der Waals surface area contributed by atoms with Crippen molar-refractivity contribution in [1.82, 2.24) is 10.2 Å². The fraction of sp³-hybridized carbons (Fsp3) is 0.933. The van der Waals surface area contributed by atoms with Gasteiger partial charge in [0.05, 0.1) is 18.8 Å². The van der Waals surface area contributed by atoms with E-state index in [1.165, 1.54) is 32.1 Å². The van der Waals surface area contributed by atoms with Gasteiger partial charge in [0.15, 0.2) is 0 Å². The normalized spacial score (nSPS) is 19.9. The maximum absolute atomic E-state index is 12.1. The minimum Gasteiger partial charge on any atom is -0.389 e. The molecular weight excluding hydrogens is 256 g/mol. The van der Waals surface area contributed by atoms with Gasteiger partial charge >= 0.3 is 0 Å². The van der Waals surface area contributed by atoms with Crippen LogP contribution in [-0.4, -0.2) is 61.9 Å². The summed E-state index contributed by atoms with van der Waals surface area (Å²) in [5.74, 6) is 0.687. The number of nitrogens with zero attached hydrogens (tertiary/aromatic N) is 1. The van der Waals surface area contributed by atoms with Gasteiger partial charge < -0.3 is 15.2 Å². The molecule has 0 aliphatic heterocycles. The summed E-state index contributed by atoms with van der Waals surface area (Å²) in [5, 5.41) is 12.7. The minimum atomic E-state index is -0.557. The second kappa shape index (κ2) is 9.32. The Morgan fingerprint density at radius 1 is 1.40 bits per heavy atom. The first kappa shape index (κ1) is 17.4. The van der Waals surface area contributed by atoms with Crippen LogP contribution in [0.2, 0.25) is 0 Å². The highest BCUT2D eigenvalue weighted by Gasteiger charge is 2.21. The minimum absolute atomic E-state index is 0.0442. The fourth-order valence-electron chi connectivity index (χ4n) is 2.72. The Morgan fingerprint density at radius 3 is 2.65 bits per heavy atom. The van der Waals surface area contributed by atoms with Crippen LogP contribution < -0.4 is 5.32 Å². The smallest absolute Gasteiger partial charge is 0.237 e. The first-order valence-electron chi connectivity index (χ1n) is 7.69. The lowest BCUT2D eigenvalue weighted by Crippen LogP contribution is -2.47. The standard InChI is InChI=1S/C15H30N2O3/c1-12(17(2)10-14(18)11-20-3)15(19)16-9-13-7-5-4-6-8-13/h12-14,18H,4-11H2,1-3H3,(H,16,19). The second-order valence-electron chi connectivity index (χ2n) is 5.97. The molecule has 1 saturated carbocycles. The van der Waals surface area contributed by atoms with Crippen molar-refractivity contribution in [1.29, 1.82) is 0 Å². The molecule has 2 unspecified atom stereocenters. The summed E-state index contributed by atoms with van der Waals surface area (Å²) in [6.45, 7) is 3.39. The number of aliphatic hydroxyl groups excluding tert-OH is 1. The van der Waals surface area contributed by atoms with Crippen LogP contribution in [0.1, 0.15) is 39.0 Å². The molecule has 0 aromatic rings. The Labute approximate surface area is 122 Å². The van der Waals surface area contributed by atoms with Gasteiger partial charge in [-0.25, -0.2) is 0 Å². The second-order valence-corrected chi connectivity index (χ2v) is 5.97. The Hall–Kier alpha value is -0.650. The number of carbonyl (C=O) groups is 1. The quantitative estimate of drug-likeness (QED) is 0.699. The van der Waals surface area contributed by atoms with Crippen molar-refractivity contribution in [2.24, 2.45) is 5.92 Å². The maximum atomic E-state index is 12.1. The Morgan fingerprint density at radius 2 is 2.05 bits per heavy atom. The molecule has 1 aliphatic rings. The van der Waals surface area contributed by atoms with E-state index in [0.29, 0.717) is 19.1 Å². The van der Waals surface area contributed by atoms with Gasteiger partial charge in [0, 0.05) is 20.2 Å². The van der Waals surface area contributed by atoms with Crippen LogP contribution in [0, 0.1) is 5.92 Å². The predicted molar refractivity (Wildman–Crippen MR) is 79.6 cm³/mol. The van der Waals surface area contributed by atoms with Gasteiger partial charge in [-0.15, -0.1) is 0 Å². The third-order valence-electron chi connectivity index (χ3n) is 4.19. The zero-order valence-corrected chi connectivity index (χ0v) is 13.1. The number of likely N-dealkylation sites (N-methyl/N-ethyl adjacent to an activating group) is 1. The number of amides is 1. The summed E-state index contributed by atoms with van der Waals surface area (Å²) in [7, 11) is 3.41. The Bertz CT molecular complexity index is 280. The highest BCUT2D eigenvalue weighted by Crippen LogP contribution is 2.22. The lowest BCUT2D eigenvalue weighted by molar-refractivity contribution is -0.126. The van der Waals surface area contributed by atoms with E-state index in [-0.39, 0.29) is 11.9 Å². The summed E-state index contributed by atoms with van der Waals surface area (Å²) in [6, 6.07) is -0.231. The van der Waals surface area contributed by atoms with Crippen molar-refractivity contribution in [2.45, 2.75) is 51.2 Å². The van der Waals surface area contributed by atoms with Crippen molar-refractivity contribution in [2.75, 3.05) is 33.9 Å². The molecule has 2 atom stereocenters. The molecule has 1 fully saturated rings. The van der Waals surface area contributed by atoms with Gasteiger partial charge in [-0.1, -0.05) is 19.3 Å². The first-order valence-corrected chi connectivity index (χ1v) is 7.69. The molecule has 118 valence electrons. The average molecular weight is 286 g/mol. The largest absolute Gasteiger partial charge is 0.389 e. The van der Waals surface area contributed by atoms with Crippen LogP contribution in [-0.2, 0) is 9.53 Å². The zero-order chi connectivity index (χ0) is 15.0. The number of hydrogen-bond acceptors (Lipinski definition) is 4. The molecule has 20 heavy (non-hydrogen) atoms. The summed E-state index contributed by atoms with van der Waals surface area (Å²) in [6.07, 6.45) is 5.83. The Kier molecular flexibility index (Phi) is 8.11. The zero-order valence-electron chi connectivity index (χ0n) is 13.1. The highest BCUT2D eigenvalue weighted by atomic mass is 16.5. The average Bonchev–Trinajstić information content (AvgIpc) is 2.45. The molecule has 0 aromatic heterocycles. The monoisotopic (exact) mass is 286 g/mol. The van der Waals surface area contributed by atoms with E-state index in [9.17, 15) is 9.90 Å². The van der Waals surface area contributed by atoms with Crippen LogP contribution in [0.4, 0.5) is 0 Å². The van der Waals surface area contributed by atoms with Crippen molar-refractivity contribution in [3.05, 3.63) is 0 Å². The highest BCUT2D eigenvalue weighted by molar-refractivity contribution is 5.81. The number of aliphatic hydroxyl groups is 1. The van der Waals surface area contributed by atoms with Gasteiger partial charge in [0.2, 0.25) is 5.91 Å². The predicted octanol–water partition coefficient (Wildman–Crippen LogP) is 1.01. The van der Waals surface area contributed by atoms with Crippen LogP contribution in [0.3, 0.4) is 0 Å². The molecule has 1 rings (SSSR count). The lowest BCUT2D eigenvalue weighted by Gasteiger charge is -2.27. The molecule has 0 bridgehead atoms. The summed E-state index contributed by atoms with van der Waals surface area (Å²) in [5.41, 5.74) is 0. The van der Waals surface area contributed by atoms with E-state index < -0.39 is 6.10 Å². The van der Waals surface area contributed by atoms with E-state index in [0.717, 1.165) is 6.54 Å². The molecule has 5 heteroatoms. The number of rotatable bonds is 8. The number of hydrogen-bond donors (Lipinski definition) is 2.